The number of halogens is 3. The Labute approximate surface area is 148 Å². The maximum absolute atomic E-state index is 13.1. The van der Waals surface area contributed by atoms with Crippen molar-refractivity contribution in [2.45, 2.75) is 20.0 Å². The van der Waals surface area contributed by atoms with Gasteiger partial charge in [-0.05, 0) is 26.0 Å². The van der Waals surface area contributed by atoms with Crippen LogP contribution in [0.25, 0.3) is 5.65 Å². The van der Waals surface area contributed by atoms with Gasteiger partial charge in [-0.15, -0.1) is 15.3 Å². The van der Waals surface area contributed by atoms with Gasteiger partial charge < -0.3 is 4.74 Å². The smallest absolute Gasteiger partial charge is 0.430 e. The molecule has 0 aliphatic rings. The summed E-state index contributed by atoms with van der Waals surface area (Å²) in [6.45, 7) is 3.02. The molecule has 0 atom stereocenters. The van der Waals surface area contributed by atoms with E-state index in [-0.39, 0.29) is 22.8 Å². The fraction of sp³-hybridized carbons (Fsp3) is 0.200. The third-order valence-corrected chi connectivity index (χ3v) is 3.83. The van der Waals surface area contributed by atoms with Gasteiger partial charge in [-0.3, -0.25) is 14.9 Å². The summed E-state index contributed by atoms with van der Waals surface area (Å²) in [5, 5.41) is 21.6. The molecule has 3 rings (SSSR count). The molecule has 0 aliphatic heterocycles. The van der Waals surface area contributed by atoms with Crippen molar-refractivity contribution in [2.24, 2.45) is 0 Å². The Morgan fingerprint density at radius 2 is 1.93 bits per heavy atom. The number of fused-ring (bicyclic) bond motifs is 1. The average molecular weight is 381 g/mol. The number of aromatic nitrogens is 4. The first-order valence-corrected chi connectivity index (χ1v) is 7.34. The molecule has 2 heterocycles. The summed E-state index contributed by atoms with van der Waals surface area (Å²) in [6, 6.07) is 3.43. The van der Waals surface area contributed by atoms with Crippen LogP contribution in [0, 0.1) is 24.0 Å². The summed E-state index contributed by atoms with van der Waals surface area (Å²) >= 11 is 0. The molecule has 9 nitrogen and oxygen atoms in total. The second-order valence-corrected chi connectivity index (χ2v) is 5.52. The van der Waals surface area contributed by atoms with Crippen molar-refractivity contribution in [2.75, 3.05) is 0 Å². The predicted molar refractivity (Wildman–Crippen MR) is 83.8 cm³/mol. The van der Waals surface area contributed by atoms with Gasteiger partial charge in [0, 0.05) is 22.8 Å². The van der Waals surface area contributed by atoms with Crippen LogP contribution < -0.4 is 4.74 Å². The molecule has 0 unspecified atom stereocenters. The highest BCUT2D eigenvalue weighted by molar-refractivity contribution is 5.77. The molecular formula is C15H10F3N5O4. The van der Waals surface area contributed by atoms with E-state index in [9.17, 15) is 28.1 Å². The van der Waals surface area contributed by atoms with Crippen molar-refractivity contribution in [1.29, 1.82) is 0 Å². The molecule has 0 aliphatic carbocycles. The van der Waals surface area contributed by atoms with Crippen LogP contribution in [0.4, 0.5) is 18.9 Å². The molecule has 0 radical (unpaired) electrons. The predicted octanol–water partition coefficient (Wildman–Crippen LogP) is 3.27. The van der Waals surface area contributed by atoms with Crippen LogP contribution in [-0.4, -0.2) is 31.0 Å². The molecule has 12 heteroatoms. The zero-order valence-corrected chi connectivity index (χ0v) is 13.8. The van der Waals surface area contributed by atoms with Crippen LogP contribution in [0.15, 0.2) is 18.2 Å². The van der Waals surface area contributed by atoms with E-state index in [0.29, 0.717) is 21.9 Å². The van der Waals surface area contributed by atoms with Gasteiger partial charge in [-0.1, -0.05) is 0 Å². The molecule has 3 aromatic rings. The summed E-state index contributed by atoms with van der Waals surface area (Å²) in [5.41, 5.74) is 0.0485. The van der Waals surface area contributed by atoms with Crippen molar-refractivity contribution in [1.82, 2.24) is 19.8 Å². The van der Waals surface area contributed by atoms with Crippen molar-refractivity contribution >= 4 is 17.6 Å². The summed E-state index contributed by atoms with van der Waals surface area (Å²) < 4.78 is 45.1. The second kappa shape index (κ2) is 6.30. The summed E-state index contributed by atoms with van der Waals surface area (Å²) in [7, 11) is 0. The Balaban J connectivity index is 2.17. The number of aryl methyl sites for hydroxylation is 1. The van der Waals surface area contributed by atoms with Gasteiger partial charge in [0.2, 0.25) is 11.6 Å². The van der Waals surface area contributed by atoms with Crippen molar-refractivity contribution in [3.8, 4) is 11.6 Å². The van der Waals surface area contributed by atoms with Crippen molar-refractivity contribution < 1.29 is 27.6 Å². The van der Waals surface area contributed by atoms with Crippen molar-refractivity contribution in [3.63, 3.8) is 0 Å². The third kappa shape index (κ3) is 3.16. The van der Waals surface area contributed by atoms with Crippen LogP contribution in [0.1, 0.15) is 27.3 Å². The van der Waals surface area contributed by atoms with Gasteiger partial charge in [-0.2, -0.15) is 17.7 Å². The zero-order valence-electron chi connectivity index (χ0n) is 13.8. The SMILES string of the molecule is Cc1c(Oc2ccc(C=O)cc2[N+](=O)[O-])nn2c(C(F)(F)F)nnc2c1C. The lowest BCUT2D eigenvalue weighted by molar-refractivity contribution is -0.385. The zero-order chi connectivity index (χ0) is 19.9. The summed E-state index contributed by atoms with van der Waals surface area (Å²) in [6.07, 6.45) is -4.38. The Morgan fingerprint density at radius 1 is 1.22 bits per heavy atom. The molecular weight excluding hydrogens is 371 g/mol. The Kier molecular flexibility index (Phi) is 4.25. The van der Waals surface area contributed by atoms with E-state index in [4.69, 9.17) is 4.74 Å². The molecule has 0 saturated carbocycles. The minimum atomic E-state index is -4.80. The highest BCUT2D eigenvalue weighted by atomic mass is 19.4. The quantitative estimate of drug-likeness (QED) is 0.387. The number of rotatable bonds is 4. The summed E-state index contributed by atoms with van der Waals surface area (Å²) in [5.74, 6) is -1.91. The highest BCUT2D eigenvalue weighted by Crippen LogP contribution is 2.35. The fourth-order valence-electron chi connectivity index (χ4n) is 2.32. The molecule has 0 fully saturated rings. The number of nitrogens with zero attached hydrogens (tertiary/aromatic N) is 5. The number of ether oxygens (including phenoxy) is 1. The lowest BCUT2D eigenvalue weighted by Crippen LogP contribution is -2.13. The van der Waals surface area contributed by atoms with E-state index in [1.807, 2.05) is 0 Å². The first-order valence-electron chi connectivity index (χ1n) is 7.34. The second-order valence-electron chi connectivity index (χ2n) is 5.52. The molecule has 0 bridgehead atoms. The Bertz CT molecular complexity index is 1080. The van der Waals surface area contributed by atoms with Gasteiger partial charge in [-0.25, -0.2) is 0 Å². The van der Waals surface area contributed by atoms with Gasteiger partial charge in [0.1, 0.15) is 6.29 Å². The number of carbonyl (C=O) groups excluding carboxylic acids is 1. The molecule has 0 amide bonds. The maximum Gasteiger partial charge on any atom is 0.453 e. The number of nitro groups is 1. The van der Waals surface area contributed by atoms with Crippen LogP contribution in [0.5, 0.6) is 11.6 Å². The molecule has 0 saturated heterocycles. The molecule has 0 N–H and O–H groups in total. The Morgan fingerprint density at radius 3 is 2.52 bits per heavy atom. The average Bonchev–Trinajstić information content (AvgIpc) is 3.03. The third-order valence-electron chi connectivity index (χ3n) is 3.83. The number of aldehydes is 1. The van der Waals surface area contributed by atoms with Crippen LogP contribution in [-0.2, 0) is 6.18 Å². The minimum absolute atomic E-state index is 0.0449. The number of carbonyl (C=O) groups is 1. The lowest BCUT2D eigenvalue weighted by Gasteiger charge is -2.12. The number of nitro benzene ring substituents is 1. The largest absolute Gasteiger partial charge is 0.453 e. The molecule has 140 valence electrons. The summed E-state index contributed by atoms with van der Waals surface area (Å²) in [4.78, 5) is 21.2. The van der Waals surface area contributed by atoms with Crippen LogP contribution in [0.3, 0.4) is 0 Å². The number of hydrogen-bond acceptors (Lipinski definition) is 7. The Hall–Kier alpha value is -3.57. The number of benzene rings is 1. The minimum Gasteiger partial charge on any atom is -0.430 e. The highest BCUT2D eigenvalue weighted by Gasteiger charge is 2.38. The van der Waals surface area contributed by atoms with Gasteiger partial charge in [0.05, 0.1) is 4.92 Å². The standard InChI is InChI=1S/C15H10F3N5O4/c1-7-8(2)13(21-22-12(7)19-20-14(22)15(16,17)18)27-11-4-3-9(6-24)5-10(11)23(25)26/h3-6H,1-2H3. The monoisotopic (exact) mass is 381 g/mol. The van der Waals surface area contributed by atoms with Gasteiger partial charge >= 0.3 is 11.9 Å². The van der Waals surface area contributed by atoms with Gasteiger partial charge in [0.15, 0.2) is 5.65 Å². The van der Waals surface area contributed by atoms with E-state index in [0.717, 1.165) is 6.07 Å². The van der Waals surface area contributed by atoms with E-state index in [2.05, 4.69) is 15.3 Å². The molecule has 27 heavy (non-hydrogen) atoms. The van der Waals surface area contributed by atoms with Crippen LogP contribution in [0.2, 0.25) is 0 Å². The fourth-order valence-corrected chi connectivity index (χ4v) is 2.32. The number of hydrogen-bond donors (Lipinski definition) is 0. The molecule has 2 aromatic heterocycles. The first-order chi connectivity index (χ1) is 12.6. The topological polar surface area (TPSA) is 113 Å². The van der Waals surface area contributed by atoms with E-state index in [1.165, 1.54) is 26.0 Å². The van der Waals surface area contributed by atoms with E-state index in [1.54, 1.807) is 0 Å². The van der Waals surface area contributed by atoms with E-state index >= 15 is 0 Å². The maximum atomic E-state index is 13.1. The molecule has 0 spiro atoms. The number of alkyl halides is 3. The first kappa shape index (κ1) is 18.2. The lowest BCUT2D eigenvalue weighted by atomic mass is 10.2. The van der Waals surface area contributed by atoms with Crippen LogP contribution >= 0.6 is 0 Å². The normalized spacial score (nSPS) is 11.6. The molecule has 1 aromatic carbocycles. The van der Waals surface area contributed by atoms with Gasteiger partial charge in [0.25, 0.3) is 5.82 Å². The van der Waals surface area contributed by atoms with Crippen molar-refractivity contribution in [3.05, 3.63) is 50.8 Å². The van der Waals surface area contributed by atoms with E-state index < -0.39 is 22.6 Å².